The highest BCUT2D eigenvalue weighted by molar-refractivity contribution is 6.19. The van der Waals surface area contributed by atoms with Gasteiger partial charge < -0.3 is 10.2 Å². The van der Waals surface area contributed by atoms with Gasteiger partial charge in [-0.3, -0.25) is 9.59 Å². The lowest BCUT2D eigenvalue weighted by molar-refractivity contribution is 0.0970. The number of allylic oxidation sites excluding steroid dienone is 8. The maximum Gasteiger partial charge on any atom is 0.227 e. The van der Waals surface area contributed by atoms with E-state index in [0.29, 0.717) is 44.5 Å². The third kappa shape index (κ3) is 3.51. The fourth-order valence-corrected chi connectivity index (χ4v) is 4.47. The van der Waals surface area contributed by atoms with E-state index in [-0.39, 0.29) is 11.1 Å². The van der Waals surface area contributed by atoms with Crippen molar-refractivity contribution in [2.45, 2.75) is 0 Å². The van der Waals surface area contributed by atoms with E-state index >= 15 is 0 Å². The van der Waals surface area contributed by atoms with Gasteiger partial charge in [-0.2, -0.15) is 10.5 Å². The molecule has 2 aliphatic carbocycles. The number of aliphatic hydroxyl groups excluding tert-OH is 2. The van der Waals surface area contributed by atoms with Gasteiger partial charge in [0.15, 0.2) is 11.5 Å². The zero-order valence-electron chi connectivity index (χ0n) is 18.7. The summed E-state index contributed by atoms with van der Waals surface area (Å²) >= 11 is 0. The van der Waals surface area contributed by atoms with Gasteiger partial charge in [-0.05, 0) is 40.5 Å². The summed E-state index contributed by atoms with van der Waals surface area (Å²) in [6.07, 6.45) is 2.56. The van der Waals surface area contributed by atoms with Crippen LogP contribution < -0.4 is 0 Å². The number of nitriles is 2. The minimum absolute atomic E-state index is 0.211. The molecule has 0 spiro atoms. The van der Waals surface area contributed by atoms with Crippen LogP contribution in [0.5, 0.6) is 0 Å². The summed E-state index contributed by atoms with van der Waals surface area (Å²) in [5.74, 6) is -1.96. The van der Waals surface area contributed by atoms with Gasteiger partial charge in [-0.15, -0.1) is 0 Å². The molecule has 0 fully saturated rings. The van der Waals surface area contributed by atoms with Crippen LogP contribution in [-0.4, -0.2) is 21.8 Å². The predicted molar refractivity (Wildman–Crippen MR) is 134 cm³/mol. The van der Waals surface area contributed by atoms with E-state index in [9.17, 15) is 30.3 Å². The summed E-state index contributed by atoms with van der Waals surface area (Å²) in [5.41, 5.74) is 3.77. The summed E-state index contributed by atoms with van der Waals surface area (Å²) in [4.78, 5) is 24.8. The fourth-order valence-electron chi connectivity index (χ4n) is 4.47. The average Bonchev–Trinajstić information content (AvgIpc) is 2.91. The molecule has 3 aromatic carbocycles. The van der Waals surface area contributed by atoms with Gasteiger partial charge in [0.2, 0.25) is 11.6 Å². The fraction of sp³-hybridized carbons (Fsp3) is 0. The summed E-state index contributed by atoms with van der Waals surface area (Å²) in [5, 5.41) is 40.6. The second kappa shape index (κ2) is 8.72. The summed E-state index contributed by atoms with van der Waals surface area (Å²) < 4.78 is 0. The van der Waals surface area contributed by atoms with Crippen LogP contribution in [0.4, 0.5) is 0 Å². The Balaban J connectivity index is 1.73. The molecule has 0 heterocycles. The number of Topliss-reactive ketones (excluding diaryl/α,β-unsaturated/α-hetero) is 2. The molecule has 6 heteroatoms. The van der Waals surface area contributed by atoms with Crippen LogP contribution in [0.1, 0.15) is 43.0 Å². The van der Waals surface area contributed by atoms with Crippen LogP contribution in [0.25, 0.3) is 22.3 Å². The van der Waals surface area contributed by atoms with Crippen molar-refractivity contribution >= 4 is 33.9 Å². The molecule has 0 atom stereocenters. The molecular formula is C30H16N2O4. The van der Waals surface area contributed by atoms with Crippen molar-refractivity contribution in [3.63, 3.8) is 0 Å². The van der Waals surface area contributed by atoms with Gasteiger partial charge in [0, 0.05) is 22.3 Å². The Morgan fingerprint density at radius 1 is 0.583 bits per heavy atom. The van der Waals surface area contributed by atoms with E-state index in [4.69, 9.17) is 0 Å². The predicted octanol–water partition coefficient (Wildman–Crippen LogP) is 5.83. The van der Waals surface area contributed by atoms with E-state index < -0.39 is 23.1 Å². The number of hydrogen-bond donors (Lipinski definition) is 2. The normalized spacial score (nSPS) is 17.1. The van der Waals surface area contributed by atoms with Gasteiger partial charge in [-0.25, -0.2) is 0 Å². The summed E-state index contributed by atoms with van der Waals surface area (Å²) in [7, 11) is 0. The molecule has 2 aliphatic rings. The SMILES string of the molecule is N#C/C(=C1\C=C(O)C(=O)c2ccccc21)c1cccc(/C(C#N)=C2/C=C(O)C(=O)c3ccccc32)c1. The number of rotatable bonds is 2. The molecular weight excluding hydrogens is 452 g/mol. The second-order valence-electron chi connectivity index (χ2n) is 8.19. The molecule has 0 amide bonds. The maximum absolute atomic E-state index is 12.4. The third-order valence-electron chi connectivity index (χ3n) is 6.15. The van der Waals surface area contributed by atoms with Crippen LogP contribution in [-0.2, 0) is 0 Å². The van der Waals surface area contributed by atoms with E-state index in [1.165, 1.54) is 12.2 Å². The molecule has 0 saturated heterocycles. The largest absolute Gasteiger partial charge is 0.504 e. The highest BCUT2D eigenvalue weighted by atomic mass is 16.3. The minimum atomic E-state index is -0.519. The first kappa shape index (κ1) is 22.3. The number of fused-ring (bicyclic) bond motifs is 2. The lowest BCUT2D eigenvalue weighted by atomic mass is 9.84. The first-order valence-electron chi connectivity index (χ1n) is 10.9. The molecule has 0 bridgehead atoms. The van der Waals surface area contributed by atoms with Gasteiger partial charge in [-0.1, -0.05) is 66.7 Å². The summed E-state index contributed by atoms with van der Waals surface area (Å²) in [6.45, 7) is 0. The van der Waals surface area contributed by atoms with Crippen LogP contribution >= 0.6 is 0 Å². The number of benzene rings is 3. The molecule has 6 nitrogen and oxygen atoms in total. The Morgan fingerprint density at radius 3 is 1.36 bits per heavy atom. The Labute approximate surface area is 206 Å². The molecule has 36 heavy (non-hydrogen) atoms. The third-order valence-corrected chi connectivity index (χ3v) is 6.15. The van der Waals surface area contributed by atoms with Gasteiger partial charge in [0.05, 0.1) is 11.1 Å². The molecule has 5 rings (SSSR count). The number of ketones is 2. The van der Waals surface area contributed by atoms with Gasteiger partial charge >= 0.3 is 0 Å². The first-order valence-corrected chi connectivity index (χ1v) is 10.9. The molecule has 170 valence electrons. The topological polar surface area (TPSA) is 122 Å². The van der Waals surface area contributed by atoms with Crippen molar-refractivity contribution in [1.29, 1.82) is 10.5 Å². The second-order valence-corrected chi connectivity index (χ2v) is 8.19. The molecule has 0 unspecified atom stereocenters. The van der Waals surface area contributed by atoms with E-state index in [2.05, 4.69) is 12.1 Å². The Kier molecular flexibility index (Phi) is 5.41. The van der Waals surface area contributed by atoms with Crippen molar-refractivity contribution in [3.8, 4) is 12.1 Å². The number of carbonyl (C=O) groups is 2. The Bertz CT molecular complexity index is 1580. The average molecular weight is 468 g/mol. The van der Waals surface area contributed by atoms with Crippen molar-refractivity contribution in [2.24, 2.45) is 0 Å². The van der Waals surface area contributed by atoms with E-state index in [1.54, 1.807) is 72.8 Å². The standard InChI is InChI=1S/C30H16N2O4/c31-15-25(23-13-27(33)29(35)21-10-3-1-8-19(21)23)17-6-5-7-18(12-17)26(16-32)24-14-28(34)30(36)22-11-4-2-9-20(22)24/h1-14,33-34H/b25-23-,26-24-. The first-order chi connectivity index (χ1) is 17.4. The number of hydrogen-bond acceptors (Lipinski definition) is 6. The Morgan fingerprint density at radius 2 is 0.972 bits per heavy atom. The maximum atomic E-state index is 12.4. The molecule has 0 aromatic heterocycles. The lowest BCUT2D eigenvalue weighted by Crippen LogP contribution is -2.12. The zero-order valence-corrected chi connectivity index (χ0v) is 18.7. The highest BCUT2D eigenvalue weighted by Crippen LogP contribution is 2.37. The quantitative estimate of drug-likeness (QED) is 0.456. The van der Waals surface area contributed by atoms with Gasteiger partial charge in [0.25, 0.3) is 0 Å². The monoisotopic (exact) mass is 468 g/mol. The highest BCUT2D eigenvalue weighted by Gasteiger charge is 2.27. The Hall–Kier alpha value is -5.46. The zero-order chi connectivity index (χ0) is 25.4. The van der Waals surface area contributed by atoms with Crippen molar-refractivity contribution in [3.05, 3.63) is 130 Å². The van der Waals surface area contributed by atoms with Gasteiger partial charge in [0.1, 0.15) is 12.1 Å². The van der Waals surface area contributed by atoms with Crippen LogP contribution in [0.15, 0.2) is 96.5 Å². The van der Waals surface area contributed by atoms with E-state index in [1.807, 2.05) is 0 Å². The van der Waals surface area contributed by atoms with E-state index in [0.717, 1.165) is 0 Å². The van der Waals surface area contributed by atoms with Crippen molar-refractivity contribution in [1.82, 2.24) is 0 Å². The molecule has 2 N–H and O–H groups in total. The van der Waals surface area contributed by atoms with Crippen LogP contribution in [0.3, 0.4) is 0 Å². The number of aliphatic hydroxyl groups is 2. The molecule has 0 radical (unpaired) electrons. The van der Waals surface area contributed by atoms with Crippen LogP contribution in [0.2, 0.25) is 0 Å². The van der Waals surface area contributed by atoms with Crippen LogP contribution in [0, 0.1) is 22.7 Å². The smallest absolute Gasteiger partial charge is 0.227 e. The summed E-state index contributed by atoms with van der Waals surface area (Å²) in [6, 6.07) is 24.5. The molecule has 3 aromatic rings. The van der Waals surface area contributed by atoms with Crippen molar-refractivity contribution < 1.29 is 19.8 Å². The number of nitrogens with zero attached hydrogens (tertiary/aromatic N) is 2. The van der Waals surface area contributed by atoms with Crippen molar-refractivity contribution in [2.75, 3.05) is 0 Å². The minimum Gasteiger partial charge on any atom is -0.504 e. The number of carbonyl (C=O) groups excluding carboxylic acids is 2. The molecule has 0 aliphatic heterocycles. The lowest BCUT2D eigenvalue weighted by Gasteiger charge is -2.18. The molecule has 0 saturated carbocycles.